The van der Waals surface area contributed by atoms with Gasteiger partial charge >= 0.3 is 5.97 Å². The van der Waals surface area contributed by atoms with E-state index in [1.165, 1.54) is 21.8 Å². The van der Waals surface area contributed by atoms with E-state index in [1.54, 1.807) is 11.8 Å². The van der Waals surface area contributed by atoms with Gasteiger partial charge in [-0.3, -0.25) is 9.69 Å². The number of carbonyl (C=O) groups is 2. The fourth-order valence-corrected chi connectivity index (χ4v) is 7.23. The van der Waals surface area contributed by atoms with Gasteiger partial charge in [0.05, 0.1) is 19.3 Å². The van der Waals surface area contributed by atoms with Crippen LogP contribution in [0.5, 0.6) is 0 Å². The number of nitrogens with zero attached hydrogens (tertiary/aromatic N) is 1. The maximum absolute atomic E-state index is 12.7. The van der Waals surface area contributed by atoms with Gasteiger partial charge in [-0.15, -0.1) is 23.1 Å². The molecule has 1 unspecified atom stereocenters. The number of esters is 1. The van der Waals surface area contributed by atoms with Crippen molar-refractivity contribution in [2.75, 3.05) is 45.2 Å². The average Bonchev–Trinajstić information content (AvgIpc) is 3.47. The van der Waals surface area contributed by atoms with Crippen molar-refractivity contribution >= 4 is 34.9 Å². The fourth-order valence-electron chi connectivity index (χ4n) is 5.06. The van der Waals surface area contributed by atoms with Crippen LogP contribution in [0.3, 0.4) is 0 Å². The number of thioether (sulfide) groups is 1. The number of aliphatic hydroxyl groups excluding tert-OH is 1. The van der Waals surface area contributed by atoms with Crippen LogP contribution in [-0.2, 0) is 20.7 Å². The van der Waals surface area contributed by atoms with Crippen molar-refractivity contribution in [1.29, 1.82) is 0 Å². The highest BCUT2D eigenvalue weighted by Crippen LogP contribution is 2.37. The van der Waals surface area contributed by atoms with Gasteiger partial charge in [-0.1, -0.05) is 26.0 Å². The van der Waals surface area contributed by atoms with E-state index in [2.05, 4.69) is 43.0 Å². The Morgan fingerprint density at radius 2 is 2.05 bits per heavy atom. The van der Waals surface area contributed by atoms with Crippen LogP contribution in [0, 0.1) is 11.8 Å². The molecule has 1 aliphatic carbocycles. The van der Waals surface area contributed by atoms with E-state index in [-0.39, 0.29) is 30.0 Å². The Morgan fingerprint density at radius 1 is 1.24 bits per heavy atom. The van der Waals surface area contributed by atoms with Crippen LogP contribution in [0.25, 0.3) is 0 Å². The molecule has 6 nitrogen and oxygen atoms in total. The molecule has 3 atom stereocenters. The summed E-state index contributed by atoms with van der Waals surface area (Å²) in [6, 6.07) is 12.4. The second-order valence-electron chi connectivity index (χ2n) is 10.3. The Hall–Kier alpha value is -1.71. The molecule has 0 bridgehead atoms. The second-order valence-corrected chi connectivity index (χ2v) is 12.6. The number of thiophene rings is 1. The topological polar surface area (TPSA) is 76.1 Å². The normalized spacial score (nSPS) is 22.6. The van der Waals surface area contributed by atoms with Crippen molar-refractivity contribution in [3.8, 4) is 0 Å². The largest absolute Gasteiger partial charge is 0.460 e. The molecule has 0 spiro atoms. The quantitative estimate of drug-likeness (QED) is 0.296. The highest BCUT2D eigenvalue weighted by atomic mass is 32.2. The standard InChI is InChI=1S/C29H39NO5S2/c1-20(2)21-5-3-7-23(17-21)36-19-25-24(26(31)18-27(25)32)8-4-6-22-9-10-28(37-22)29(33)35-16-13-30-11-14-34-15-12-30/h3,5,7,9-10,17,20,24-25,27,32H,4,6,8,11-16,18-19H2,1-2H3/t24-,25-,27?/m1/s1. The molecule has 8 heteroatoms. The molecule has 1 saturated heterocycles. The first kappa shape index (κ1) is 28.3. The first-order valence-electron chi connectivity index (χ1n) is 13.4. The van der Waals surface area contributed by atoms with Crippen LogP contribution in [0.4, 0.5) is 0 Å². The van der Waals surface area contributed by atoms with Gasteiger partial charge < -0.3 is 14.6 Å². The zero-order valence-electron chi connectivity index (χ0n) is 21.9. The molecule has 2 fully saturated rings. The third-order valence-corrected chi connectivity index (χ3v) is 9.61. The third-order valence-electron chi connectivity index (χ3n) is 7.35. The zero-order chi connectivity index (χ0) is 26.2. The van der Waals surface area contributed by atoms with Crippen LogP contribution in [-0.4, -0.2) is 73.1 Å². The van der Waals surface area contributed by atoms with Gasteiger partial charge in [0.2, 0.25) is 0 Å². The summed E-state index contributed by atoms with van der Waals surface area (Å²) in [6.45, 7) is 8.73. The monoisotopic (exact) mass is 545 g/mol. The van der Waals surface area contributed by atoms with Gasteiger partial charge in [-0.05, 0) is 55.0 Å². The van der Waals surface area contributed by atoms with Crippen LogP contribution >= 0.6 is 23.1 Å². The summed E-state index contributed by atoms with van der Waals surface area (Å²) in [5.74, 6) is 1.03. The Balaban J connectivity index is 1.22. The molecule has 1 aromatic carbocycles. The molecule has 0 radical (unpaired) electrons. The average molecular weight is 546 g/mol. The minimum absolute atomic E-state index is 0.0134. The minimum atomic E-state index is -0.557. The molecule has 2 aliphatic rings. The van der Waals surface area contributed by atoms with Crippen LogP contribution < -0.4 is 0 Å². The Bertz CT molecular complexity index is 1030. The number of carbonyl (C=O) groups excluding carboxylic acids is 2. The summed E-state index contributed by atoms with van der Waals surface area (Å²) in [5.41, 5.74) is 1.31. The number of aliphatic hydroxyl groups is 1. The van der Waals surface area contributed by atoms with Crippen LogP contribution in [0.1, 0.15) is 59.1 Å². The number of hydrogen-bond donors (Lipinski definition) is 1. The van der Waals surface area contributed by atoms with E-state index in [4.69, 9.17) is 9.47 Å². The SMILES string of the molecule is CC(C)c1cccc(SC[C@H]2C(O)CC(=O)[C@@H]2CCCc2ccc(C(=O)OCCN3CCOCC3)s2)c1. The van der Waals surface area contributed by atoms with E-state index in [0.717, 1.165) is 62.7 Å². The molecule has 1 aliphatic heterocycles. The van der Waals surface area contributed by atoms with E-state index in [1.807, 2.05) is 12.1 Å². The van der Waals surface area contributed by atoms with Crippen molar-refractivity contribution < 1.29 is 24.2 Å². The molecule has 4 rings (SSSR count). The van der Waals surface area contributed by atoms with E-state index in [9.17, 15) is 14.7 Å². The summed E-state index contributed by atoms with van der Waals surface area (Å²) in [6.07, 6.45) is 2.16. The molecule has 202 valence electrons. The second kappa shape index (κ2) is 13.9. The van der Waals surface area contributed by atoms with Crippen LogP contribution in [0.2, 0.25) is 0 Å². The minimum Gasteiger partial charge on any atom is -0.460 e. The lowest BCUT2D eigenvalue weighted by molar-refractivity contribution is -0.121. The van der Waals surface area contributed by atoms with Crippen molar-refractivity contribution in [2.45, 2.75) is 56.4 Å². The smallest absolute Gasteiger partial charge is 0.348 e. The molecule has 2 aromatic rings. The number of ether oxygens (including phenoxy) is 2. The summed E-state index contributed by atoms with van der Waals surface area (Å²) >= 11 is 3.22. The maximum Gasteiger partial charge on any atom is 0.348 e. The number of hydrogen-bond acceptors (Lipinski definition) is 8. The molecule has 1 saturated carbocycles. The van der Waals surface area contributed by atoms with E-state index in [0.29, 0.717) is 17.4 Å². The van der Waals surface area contributed by atoms with Crippen molar-refractivity contribution in [3.63, 3.8) is 0 Å². The predicted molar refractivity (Wildman–Crippen MR) is 149 cm³/mol. The molecular formula is C29H39NO5S2. The fraction of sp³-hybridized carbons (Fsp3) is 0.586. The highest BCUT2D eigenvalue weighted by molar-refractivity contribution is 7.99. The van der Waals surface area contributed by atoms with Gasteiger partial charge in [-0.25, -0.2) is 4.79 Å². The van der Waals surface area contributed by atoms with E-state index >= 15 is 0 Å². The van der Waals surface area contributed by atoms with Crippen molar-refractivity contribution in [3.05, 3.63) is 51.7 Å². The van der Waals surface area contributed by atoms with Gasteiger partial charge in [0.15, 0.2) is 0 Å². The molecule has 37 heavy (non-hydrogen) atoms. The Kier molecular flexibility index (Phi) is 10.6. The lowest BCUT2D eigenvalue weighted by atomic mass is 9.91. The summed E-state index contributed by atoms with van der Waals surface area (Å²) in [4.78, 5) is 30.3. The number of aryl methyl sites for hydroxylation is 1. The Labute approximate surface area is 228 Å². The maximum atomic E-state index is 12.7. The van der Waals surface area contributed by atoms with Gasteiger partial charge in [0.25, 0.3) is 0 Å². The molecular weight excluding hydrogens is 506 g/mol. The third kappa shape index (κ3) is 8.14. The molecule has 0 amide bonds. The van der Waals surface area contributed by atoms with Crippen molar-refractivity contribution in [2.24, 2.45) is 11.8 Å². The first-order valence-corrected chi connectivity index (χ1v) is 15.2. The summed E-state index contributed by atoms with van der Waals surface area (Å²) in [7, 11) is 0. The van der Waals surface area contributed by atoms with Gasteiger partial charge in [0, 0.05) is 53.4 Å². The van der Waals surface area contributed by atoms with Crippen molar-refractivity contribution in [1.82, 2.24) is 4.90 Å². The number of rotatable bonds is 12. The lowest BCUT2D eigenvalue weighted by Gasteiger charge is -2.26. The highest BCUT2D eigenvalue weighted by Gasteiger charge is 2.40. The first-order chi connectivity index (χ1) is 17.9. The summed E-state index contributed by atoms with van der Waals surface area (Å²) in [5, 5.41) is 10.6. The molecule has 1 aromatic heterocycles. The number of benzene rings is 1. The molecule has 1 N–H and O–H groups in total. The van der Waals surface area contributed by atoms with Crippen LogP contribution in [0.15, 0.2) is 41.3 Å². The summed E-state index contributed by atoms with van der Waals surface area (Å²) < 4.78 is 10.8. The lowest BCUT2D eigenvalue weighted by Crippen LogP contribution is -2.38. The zero-order valence-corrected chi connectivity index (χ0v) is 23.5. The predicted octanol–water partition coefficient (Wildman–Crippen LogP) is 5.04. The van der Waals surface area contributed by atoms with E-state index < -0.39 is 6.10 Å². The number of Topliss-reactive ketones (excluding diaryl/α,β-unsaturated/α-hetero) is 1. The van der Waals surface area contributed by atoms with Gasteiger partial charge in [-0.2, -0.15) is 0 Å². The number of morpholine rings is 1. The molecule has 2 heterocycles. The number of ketones is 1. The van der Waals surface area contributed by atoms with Gasteiger partial charge in [0.1, 0.15) is 17.3 Å². The Morgan fingerprint density at radius 3 is 2.84 bits per heavy atom.